The Kier molecular flexibility index (Phi) is 5.97. The van der Waals surface area contributed by atoms with Gasteiger partial charge in [-0.1, -0.05) is 23.7 Å². The van der Waals surface area contributed by atoms with E-state index in [1.807, 2.05) is 0 Å². The van der Waals surface area contributed by atoms with Gasteiger partial charge < -0.3 is 10.1 Å². The number of hydrogen-bond donors (Lipinski definition) is 1. The van der Waals surface area contributed by atoms with Gasteiger partial charge in [-0.05, 0) is 42.8 Å². The lowest BCUT2D eigenvalue weighted by molar-refractivity contribution is -0.189. The molecule has 3 rings (SSSR count). The van der Waals surface area contributed by atoms with Crippen LogP contribution in [0.2, 0.25) is 5.02 Å². The summed E-state index contributed by atoms with van der Waals surface area (Å²) in [6, 6.07) is 10.9. The summed E-state index contributed by atoms with van der Waals surface area (Å²) in [6.45, 7) is 0.886. The van der Waals surface area contributed by atoms with Gasteiger partial charge in [0.2, 0.25) is 5.88 Å². The number of nitrogens with zero attached hydrogens (tertiary/aromatic N) is 3. The van der Waals surface area contributed by atoms with E-state index in [1.54, 1.807) is 30.3 Å². The molecule has 3 aromatic rings. The first-order valence-electron chi connectivity index (χ1n) is 8.32. The molecular weight excluding hydrogens is 409 g/mol. The first-order chi connectivity index (χ1) is 13.7. The summed E-state index contributed by atoms with van der Waals surface area (Å²) in [4.78, 5) is 16.2. The largest absolute Gasteiger partial charge is 0.465 e. The van der Waals surface area contributed by atoms with Crippen LogP contribution in [0.3, 0.4) is 0 Å². The van der Waals surface area contributed by atoms with Crippen LogP contribution in [-0.4, -0.2) is 33.4 Å². The number of pyridine rings is 1. The molecule has 2 heterocycles. The highest BCUT2D eigenvalue weighted by atomic mass is 35.5. The third-order valence-corrected chi connectivity index (χ3v) is 4.07. The van der Waals surface area contributed by atoms with Crippen LogP contribution in [0, 0.1) is 0 Å². The van der Waals surface area contributed by atoms with Crippen molar-refractivity contribution < 1.29 is 22.7 Å². The molecule has 6 nitrogen and oxygen atoms in total. The van der Waals surface area contributed by atoms with Crippen LogP contribution in [0.5, 0.6) is 5.88 Å². The van der Waals surface area contributed by atoms with Crippen LogP contribution in [0.1, 0.15) is 17.4 Å². The Morgan fingerprint density at radius 3 is 2.55 bits per heavy atom. The van der Waals surface area contributed by atoms with Crippen LogP contribution < -0.4 is 10.1 Å². The van der Waals surface area contributed by atoms with Crippen molar-refractivity contribution in [2.45, 2.75) is 19.2 Å². The van der Waals surface area contributed by atoms with E-state index in [1.165, 1.54) is 24.5 Å². The quantitative estimate of drug-likeness (QED) is 0.640. The summed E-state index contributed by atoms with van der Waals surface area (Å²) in [5.74, 6) is -0.770. The van der Waals surface area contributed by atoms with Crippen molar-refractivity contribution in [1.82, 2.24) is 15.2 Å². The van der Waals surface area contributed by atoms with Crippen LogP contribution in [0.4, 0.5) is 18.9 Å². The Bertz CT molecular complexity index is 999. The highest BCUT2D eigenvalue weighted by Gasteiger charge is 2.38. The summed E-state index contributed by atoms with van der Waals surface area (Å²) >= 11 is 5.89. The van der Waals surface area contributed by atoms with E-state index in [0.29, 0.717) is 10.6 Å². The van der Waals surface area contributed by atoms with E-state index < -0.39 is 18.2 Å². The molecule has 0 aliphatic heterocycles. The average Bonchev–Trinajstić information content (AvgIpc) is 2.69. The second-order valence-electron chi connectivity index (χ2n) is 5.95. The zero-order valence-corrected chi connectivity index (χ0v) is 15.7. The minimum atomic E-state index is -4.56. The smallest absolute Gasteiger partial charge is 0.425 e. The third kappa shape index (κ3) is 5.20. The summed E-state index contributed by atoms with van der Waals surface area (Å²) in [7, 11) is 0. The Hall–Kier alpha value is -3.20. The predicted octanol–water partition coefficient (Wildman–Crippen LogP) is 4.77. The zero-order chi connectivity index (χ0) is 21.0. The minimum Gasteiger partial charge on any atom is -0.465 e. The first-order valence-corrected chi connectivity index (χ1v) is 8.70. The number of anilines is 1. The second kappa shape index (κ2) is 8.44. The van der Waals surface area contributed by atoms with Crippen molar-refractivity contribution in [2.75, 3.05) is 5.32 Å². The van der Waals surface area contributed by atoms with E-state index >= 15 is 0 Å². The van der Waals surface area contributed by atoms with Gasteiger partial charge in [0.05, 0.1) is 11.9 Å². The number of halogens is 4. The zero-order valence-electron chi connectivity index (χ0n) is 14.9. The van der Waals surface area contributed by atoms with E-state index in [4.69, 9.17) is 16.3 Å². The van der Waals surface area contributed by atoms with Crippen molar-refractivity contribution in [3.05, 3.63) is 65.6 Å². The van der Waals surface area contributed by atoms with Gasteiger partial charge in [0.1, 0.15) is 0 Å². The summed E-state index contributed by atoms with van der Waals surface area (Å²) in [6.07, 6.45) is -4.00. The van der Waals surface area contributed by atoms with Gasteiger partial charge in [0.25, 0.3) is 5.91 Å². The molecule has 0 aliphatic rings. The minimum absolute atomic E-state index is 0.0755. The molecule has 1 amide bonds. The number of carbonyl (C=O) groups excluding carboxylic acids is 1. The lowest BCUT2D eigenvalue weighted by atomic mass is 10.1. The van der Waals surface area contributed by atoms with Crippen LogP contribution in [0.25, 0.3) is 11.1 Å². The molecule has 0 radical (unpaired) electrons. The van der Waals surface area contributed by atoms with Gasteiger partial charge in [-0.3, -0.25) is 4.79 Å². The van der Waals surface area contributed by atoms with Gasteiger partial charge in [-0.15, -0.1) is 5.10 Å². The summed E-state index contributed by atoms with van der Waals surface area (Å²) < 4.78 is 43.8. The number of rotatable bonds is 5. The Morgan fingerprint density at radius 2 is 1.93 bits per heavy atom. The molecule has 0 saturated heterocycles. The SMILES string of the molecule is C[C@H](Oc1ncc(NC(=O)c2cccnn2)cc1-c1ccc(Cl)cc1)C(F)(F)F. The fourth-order valence-corrected chi connectivity index (χ4v) is 2.43. The molecule has 150 valence electrons. The number of nitrogens with one attached hydrogen (secondary N) is 1. The molecule has 1 aromatic carbocycles. The lowest BCUT2D eigenvalue weighted by Gasteiger charge is -2.19. The maximum atomic E-state index is 12.9. The fourth-order valence-electron chi connectivity index (χ4n) is 2.30. The molecule has 1 atom stereocenters. The van der Waals surface area contributed by atoms with E-state index in [-0.39, 0.29) is 22.8 Å². The van der Waals surface area contributed by atoms with Gasteiger partial charge in [0.15, 0.2) is 11.8 Å². The van der Waals surface area contributed by atoms with Crippen molar-refractivity contribution in [3.63, 3.8) is 0 Å². The molecule has 29 heavy (non-hydrogen) atoms. The molecule has 10 heteroatoms. The molecule has 0 bridgehead atoms. The number of carbonyl (C=O) groups is 1. The Balaban J connectivity index is 1.95. The molecular formula is C19H14ClF3N4O2. The molecule has 0 saturated carbocycles. The Labute approximate surface area is 168 Å². The normalized spacial score (nSPS) is 12.3. The monoisotopic (exact) mass is 422 g/mol. The van der Waals surface area contributed by atoms with Gasteiger partial charge in [0, 0.05) is 16.8 Å². The van der Waals surface area contributed by atoms with Gasteiger partial charge in [-0.2, -0.15) is 18.3 Å². The summed E-state index contributed by atoms with van der Waals surface area (Å²) in [5, 5.41) is 10.4. The standard InChI is InChI=1S/C19H14ClF3N4O2/c1-11(19(21,22)23)29-18-15(12-4-6-13(20)7-5-12)9-14(10-24-18)26-17(28)16-3-2-8-25-27-16/h2-11H,1H3,(H,26,28)/t11-/m0/s1. The van der Waals surface area contributed by atoms with Gasteiger partial charge >= 0.3 is 6.18 Å². The van der Waals surface area contributed by atoms with Crippen LogP contribution >= 0.6 is 11.6 Å². The molecule has 0 fully saturated rings. The average molecular weight is 423 g/mol. The molecule has 0 aliphatic carbocycles. The van der Waals surface area contributed by atoms with Crippen LogP contribution in [-0.2, 0) is 0 Å². The van der Waals surface area contributed by atoms with E-state index in [9.17, 15) is 18.0 Å². The predicted molar refractivity (Wildman–Crippen MR) is 101 cm³/mol. The number of ether oxygens (including phenoxy) is 1. The van der Waals surface area contributed by atoms with E-state index in [2.05, 4.69) is 20.5 Å². The fraction of sp³-hybridized carbons (Fsp3) is 0.158. The first kappa shape index (κ1) is 20.5. The topological polar surface area (TPSA) is 77.0 Å². The Morgan fingerprint density at radius 1 is 1.21 bits per heavy atom. The number of alkyl halides is 3. The van der Waals surface area contributed by atoms with Gasteiger partial charge in [-0.25, -0.2) is 4.98 Å². The lowest BCUT2D eigenvalue weighted by Crippen LogP contribution is -2.31. The summed E-state index contributed by atoms with van der Waals surface area (Å²) in [5.41, 5.74) is 1.10. The maximum absolute atomic E-state index is 12.9. The maximum Gasteiger partial charge on any atom is 0.425 e. The van der Waals surface area contributed by atoms with Crippen molar-refractivity contribution in [1.29, 1.82) is 0 Å². The number of benzene rings is 1. The second-order valence-corrected chi connectivity index (χ2v) is 6.38. The third-order valence-electron chi connectivity index (χ3n) is 3.82. The van der Waals surface area contributed by atoms with Crippen molar-refractivity contribution in [2.24, 2.45) is 0 Å². The molecule has 0 spiro atoms. The van der Waals surface area contributed by atoms with Crippen molar-refractivity contribution >= 4 is 23.2 Å². The van der Waals surface area contributed by atoms with Crippen molar-refractivity contribution in [3.8, 4) is 17.0 Å². The highest BCUT2D eigenvalue weighted by Crippen LogP contribution is 2.34. The number of hydrogen-bond acceptors (Lipinski definition) is 5. The molecule has 2 aromatic heterocycles. The number of aromatic nitrogens is 3. The number of amides is 1. The van der Waals surface area contributed by atoms with Crippen LogP contribution in [0.15, 0.2) is 54.9 Å². The van der Waals surface area contributed by atoms with E-state index in [0.717, 1.165) is 6.92 Å². The highest BCUT2D eigenvalue weighted by molar-refractivity contribution is 6.30. The molecule has 0 unspecified atom stereocenters. The molecule has 1 N–H and O–H groups in total.